The zero-order valence-electron chi connectivity index (χ0n) is 13.4. The van der Waals surface area contributed by atoms with Crippen LogP contribution in [0.3, 0.4) is 0 Å². The summed E-state index contributed by atoms with van der Waals surface area (Å²) in [6, 6.07) is 17.5. The molecule has 0 aliphatic carbocycles. The topological polar surface area (TPSA) is 75.4 Å². The quantitative estimate of drug-likeness (QED) is 0.851. The summed E-state index contributed by atoms with van der Waals surface area (Å²) in [6.07, 6.45) is 1.07. The molecule has 2 aromatic rings. The van der Waals surface area contributed by atoms with Gasteiger partial charge in [0.05, 0.1) is 0 Å². The normalized spacial score (nSPS) is 14.1. The van der Waals surface area contributed by atoms with Gasteiger partial charge < -0.3 is 16.0 Å². The first-order valence-electron chi connectivity index (χ1n) is 8.12. The maximum Gasteiger partial charge on any atom is 0.247 e. The highest BCUT2D eigenvalue weighted by atomic mass is 16.2. The number of nitrogens with one attached hydrogen (secondary N) is 1. The number of amides is 2. The van der Waals surface area contributed by atoms with Crippen LogP contribution in [0.4, 0.5) is 5.69 Å². The van der Waals surface area contributed by atoms with E-state index >= 15 is 0 Å². The van der Waals surface area contributed by atoms with Crippen LogP contribution >= 0.6 is 0 Å². The summed E-state index contributed by atoms with van der Waals surface area (Å²) in [6.45, 7) is 1.05. The molecule has 5 heteroatoms. The molecule has 3 rings (SSSR count). The van der Waals surface area contributed by atoms with Gasteiger partial charge in [0.15, 0.2) is 0 Å². The molecule has 0 spiro atoms. The molecule has 1 aliphatic rings. The molecular formula is C19H21N3O2. The lowest BCUT2D eigenvalue weighted by molar-refractivity contribution is -0.122. The molecule has 1 atom stereocenters. The van der Waals surface area contributed by atoms with Gasteiger partial charge in [-0.25, -0.2) is 0 Å². The summed E-state index contributed by atoms with van der Waals surface area (Å²) in [5.41, 5.74) is 8.43. The van der Waals surface area contributed by atoms with Crippen molar-refractivity contribution in [3.05, 3.63) is 65.7 Å². The van der Waals surface area contributed by atoms with Gasteiger partial charge in [0.1, 0.15) is 6.04 Å². The fraction of sp³-hybridized carbons (Fsp3) is 0.263. The van der Waals surface area contributed by atoms with E-state index in [1.54, 1.807) is 0 Å². The summed E-state index contributed by atoms with van der Waals surface area (Å²) in [7, 11) is 0. The van der Waals surface area contributed by atoms with E-state index in [1.165, 1.54) is 5.56 Å². The highest BCUT2D eigenvalue weighted by molar-refractivity contribution is 5.88. The Morgan fingerprint density at radius 2 is 1.79 bits per heavy atom. The summed E-state index contributed by atoms with van der Waals surface area (Å²) in [5.74, 6) is -0.530. The van der Waals surface area contributed by atoms with Crippen molar-refractivity contribution in [1.29, 1.82) is 0 Å². The van der Waals surface area contributed by atoms with Gasteiger partial charge in [-0.1, -0.05) is 48.5 Å². The summed E-state index contributed by atoms with van der Waals surface area (Å²) < 4.78 is 0. The van der Waals surface area contributed by atoms with E-state index in [1.807, 2.05) is 42.5 Å². The van der Waals surface area contributed by atoms with E-state index < -0.39 is 11.9 Å². The molecule has 0 aromatic heterocycles. The summed E-state index contributed by atoms with van der Waals surface area (Å²) >= 11 is 0. The number of hydrogen-bond acceptors (Lipinski definition) is 3. The highest BCUT2D eigenvalue weighted by Crippen LogP contribution is 2.35. The first kappa shape index (κ1) is 16.1. The Balaban J connectivity index is 1.86. The number of primary amides is 1. The van der Waals surface area contributed by atoms with Crippen LogP contribution in [0.25, 0.3) is 0 Å². The molecule has 3 N–H and O–H groups in total. The standard InChI is InChI=1S/C19H21N3O2/c20-17(23)10-12-21-19(24)18(15-7-2-1-3-8-15)22-13-11-14-6-4-5-9-16(14)22/h1-9,18H,10-13H2,(H2,20,23)(H,21,24)/t18-/m0/s1. The number of nitrogens with zero attached hydrogens (tertiary/aromatic N) is 1. The van der Waals surface area contributed by atoms with Crippen molar-refractivity contribution in [3.8, 4) is 0 Å². The number of rotatable bonds is 6. The molecule has 0 fully saturated rings. The van der Waals surface area contributed by atoms with Crippen molar-refractivity contribution in [3.63, 3.8) is 0 Å². The Morgan fingerprint density at radius 1 is 1.08 bits per heavy atom. The van der Waals surface area contributed by atoms with Gasteiger partial charge in [0, 0.05) is 25.2 Å². The number of hydrogen-bond donors (Lipinski definition) is 2. The molecule has 1 heterocycles. The largest absolute Gasteiger partial charge is 0.370 e. The zero-order chi connectivity index (χ0) is 16.9. The van der Waals surface area contributed by atoms with Crippen molar-refractivity contribution >= 4 is 17.5 Å². The zero-order valence-corrected chi connectivity index (χ0v) is 13.4. The van der Waals surface area contributed by atoms with Crippen molar-refractivity contribution in [1.82, 2.24) is 5.32 Å². The second-order valence-electron chi connectivity index (χ2n) is 5.89. The molecule has 0 saturated heterocycles. The molecule has 0 bridgehead atoms. The Labute approximate surface area is 141 Å². The van der Waals surface area contributed by atoms with Crippen molar-refractivity contribution in [2.45, 2.75) is 18.9 Å². The van der Waals surface area contributed by atoms with Gasteiger partial charge in [-0.2, -0.15) is 0 Å². The third-order valence-electron chi connectivity index (χ3n) is 4.27. The molecule has 24 heavy (non-hydrogen) atoms. The minimum Gasteiger partial charge on any atom is -0.370 e. The second-order valence-corrected chi connectivity index (χ2v) is 5.89. The Bertz CT molecular complexity index is 730. The van der Waals surface area contributed by atoms with Crippen molar-refractivity contribution in [2.75, 3.05) is 18.0 Å². The van der Waals surface area contributed by atoms with Crippen molar-refractivity contribution in [2.24, 2.45) is 5.73 Å². The fourth-order valence-electron chi connectivity index (χ4n) is 3.15. The van der Waals surface area contributed by atoms with Gasteiger partial charge in [-0.05, 0) is 23.6 Å². The predicted molar refractivity (Wildman–Crippen MR) is 93.5 cm³/mol. The van der Waals surface area contributed by atoms with E-state index in [9.17, 15) is 9.59 Å². The third kappa shape index (κ3) is 3.40. The Hall–Kier alpha value is -2.82. The van der Waals surface area contributed by atoms with Crippen LogP contribution in [0.15, 0.2) is 54.6 Å². The van der Waals surface area contributed by atoms with E-state index in [2.05, 4.69) is 22.3 Å². The number of nitrogens with two attached hydrogens (primary N) is 1. The first-order chi connectivity index (χ1) is 11.7. The minimum atomic E-state index is -0.418. The van der Waals surface area contributed by atoms with Gasteiger partial charge in [0.25, 0.3) is 0 Å². The third-order valence-corrected chi connectivity index (χ3v) is 4.27. The van der Waals surface area contributed by atoms with Gasteiger partial charge in [0.2, 0.25) is 11.8 Å². The number of anilines is 1. The van der Waals surface area contributed by atoms with Crippen LogP contribution in [0.5, 0.6) is 0 Å². The lowest BCUT2D eigenvalue weighted by atomic mass is 10.0. The maximum absolute atomic E-state index is 12.8. The maximum atomic E-state index is 12.8. The number of benzene rings is 2. The predicted octanol–water partition coefficient (Wildman–Crippen LogP) is 1.78. The highest BCUT2D eigenvalue weighted by Gasteiger charge is 2.31. The van der Waals surface area contributed by atoms with Gasteiger partial charge >= 0.3 is 0 Å². The van der Waals surface area contributed by atoms with Crippen LogP contribution < -0.4 is 16.0 Å². The molecule has 2 aromatic carbocycles. The summed E-state index contributed by atoms with van der Waals surface area (Å²) in [5, 5.41) is 2.84. The number of carbonyl (C=O) groups excluding carboxylic acids is 2. The molecule has 2 amide bonds. The Morgan fingerprint density at radius 3 is 2.54 bits per heavy atom. The average molecular weight is 323 g/mol. The van der Waals surface area contributed by atoms with Crippen LogP contribution in [0.2, 0.25) is 0 Å². The van der Waals surface area contributed by atoms with Gasteiger partial charge in [-0.15, -0.1) is 0 Å². The monoisotopic (exact) mass is 323 g/mol. The van der Waals surface area contributed by atoms with Crippen LogP contribution in [-0.4, -0.2) is 24.9 Å². The second kappa shape index (κ2) is 7.17. The first-order valence-corrected chi connectivity index (χ1v) is 8.12. The van der Waals surface area contributed by atoms with Gasteiger partial charge in [-0.3, -0.25) is 9.59 Å². The van der Waals surface area contributed by atoms with E-state index in [0.717, 1.165) is 24.2 Å². The van der Waals surface area contributed by atoms with Crippen LogP contribution in [0.1, 0.15) is 23.6 Å². The molecule has 0 unspecified atom stereocenters. The number of carbonyl (C=O) groups is 2. The molecule has 0 radical (unpaired) electrons. The molecule has 124 valence electrons. The molecule has 0 saturated carbocycles. The number of fused-ring (bicyclic) bond motifs is 1. The van der Waals surface area contributed by atoms with E-state index in [4.69, 9.17) is 5.73 Å². The molecular weight excluding hydrogens is 302 g/mol. The van der Waals surface area contributed by atoms with Crippen LogP contribution in [-0.2, 0) is 16.0 Å². The molecule has 1 aliphatic heterocycles. The van der Waals surface area contributed by atoms with E-state index in [-0.39, 0.29) is 18.9 Å². The Kier molecular flexibility index (Phi) is 4.79. The lowest BCUT2D eigenvalue weighted by Gasteiger charge is -2.29. The van der Waals surface area contributed by atoms with Crippen LogP contribution in [0, 0.1) is 0 Å². The molecule has 5 nitrogen and oxygen atoms in total. The van der Waals surface area contributed by atoms with Crippen molar-refractivity contribution < 1.29 is 9.59 Å². The van der Waals surface area contributed by atoms with E-state index in [0.29, 0.717) is 0 Å². The summed E-state index contributed by atoms with van der Waals surface area (Å²) in [4.78, 5) is 25.8. The fourth-order valence-corrected chi connectivity index (χ4v) is 3.15. The minimum absolute atomic E-state index is 0.112. The lowest BCUT2D eigenvalue weighted by Crippen LogP contribution is -2.41. The SMILES string of the molecule is NC(=O)CCNC(=O)[C@H](c1ccccc1)N1CCc2ccccc21. The average Bonchev–Trinajstić information content (AvgIpc) is 3.00. The smallest absolute Gasteiger partial charge is 0.247 e. The number of para-hydroxylation sites is 1.